The molecule has 1 aliphatic heterocycles. The summed E-state index contributed by atoms with van der Waals surface area (Å²) in [6, 6.07) is 0. The molecule has 1 fully saturated rings. The predicted molar refractivity (Wildman–Crippen MR) is 36.2 cm³/mol. The van der Waals surface area contributed by atoms with Crippen LogP contribution in [0.25, 0.3) is 0 Å². The first-order valence-corrected chi connectivity index (χ1v) is 3.33. The van der Waals surface area contributed by atoms with Crippen molar-refractivity contribution in [2.24, 2.45) is 5.84 Å². The summed E-state index contributed by atoms with van der Waals surface area (Å²) >= 11 is 0. The number of carbonyl (C=O) groups is 1. The molecule has 0 unspecified atom stereocenters. The lowest BCUT2D eigenvalue weighted by Crippen LogP contribution is -2.51. The van der Waals surface area contributed by atoms with Crippen molar-refractivity contribution in [1.82, 2.24) is 5.01 Å². The van der Waals surface area contributed by atoms with Crippen molar-refractivity contribution in [3.63, 3.8) is 0 Å². The third kappa shape index (κ3) is 0.892. The van der Waals surface area contributed by atoms with Gasteiger partial charge in [-0.25, -0.2) is 5.01 Å². The fourth-order valence-corrected chi connectivity index (χ4v) is 1.21. The highest BCUT2D eigenvalue weighted by Gasteiger charge is 2.41. The van der Waals surface area contributed by atoms with E-state index in [4.69, 9.17) is 10.9 Å². The Kier molecular flexibility index (Phi) is 1.66. The first-order chi connectivity index (χ1) is 4.57. The number of hydrogen-bond donors (Lipinski definition) is 2. The first kappa shape index (κ1) is 7.50. The van der Waals surface area contributed by atoms with Crippen LogP contribution in [0.2, 0.25) is 0 Å². The summed E-state index contributed by atoms with van der Waals surface area (Å²) in [5.74, 6) is 4.64. The summed E-state index contributed by atoms with van der Waals surface area (Å²) in [5, 5.41) is 10.1. The van der Waals surface area contributed by atoms with Gasteiger partial charge in [-0.05, 0) is 19.8 Å². The second kappa shape index (κ2) is 2.21. The molecule has 10 heavy (non-hydrogen) atoms. The summed E-state index contributed by atoms with van der Waals surface area (Å²) in [6.45, 7) is 2.34. The fraction of sp³-hybridized carbons (Fsp3) is 0.833. The lowest BCUT2D eigenvalue weighted by Gasteiger charge is -2.26. The third-order valence-corrected chi connectivity index (χ3v) is 2.16. The topological polar surface area (TPSA) is 66.6 Å². The van der Waals surface area contributed by atoms with Crippen molar-refractivity contribution in [3.05, 3.63) is 0 Å². The van der Waals surface area contributed by atoms with Gasteiger partial charge in [-0.1, -0.05) is 0 Å². The lowest BCUT2D eigenvalue weighted by molar-refractivity contribution is -0.148. The van der Waals surface area contributed by atoms with Crippen molar-refractivity contribution in [2.75, 3.05) is 6.54 Å². The minimum absolute atomic E-state index is 0.652. The Bertz CT molecular complexity index is 160. The van der Waals surface area contributed by atoms with Gasteiger partial charge in [-0.3, -0.25) is 10.6 Å². The van der Waals surface area contributed by atoms with Gasteiger partial charge in [0.15, 0.2) is 0 Å². The minimum Gasteiger partial charge on any atom is -0.480 e. The molecule has 0 bridgehead atoms. The normalized spacial score (nSPS) is 34.6. The molecule has 0 aliphatic carbocycles. The van der Waals surface area contributed by atoms with Gasteiger partial charge in [0.05, 0.1) is 0 Å². The summed E-state index contributed by atoms with van der Waals surface area (Å²) in [6.07, 6.45) is 1.53. The molecule has 4 nitrogen and oxygen atoms in total. The second-order valence-corrected chi connectivity index (χ2v) is 2.88. The highest BCUT2D eigenvalue weighted by atomic mass is 16.4. The molecule has 0 saturated carbocycles. The van der Waals surface area contributed by atoms with Crippen LogP contribution in [0, 0.1) is 0 Å². The van der Waals surface area contributed by atoms with E-state index in [-0.39, 0.29) is 0 Å². The molecule has 1 rings (SSSR count). The van der Waals surface area contributed by atoms with E-state index < -0.39 is 11.5 Å². The number of rotatable bonds is 1. The monoisotopic (exact) mass is 144 g/mol. The van der Waals surface area contributed by atoms with Gasteiger partial charge in [0.1, 0.15) is 5.54 Å². The van der Waals surface area contributed by atoms with Crippen LogP contribution in [0.1, 0.15) is 19.8 Å². The summed E-state index contributed by atoms with van der Waals surface area (Å²) < 4.78 is 0. The highest BCUT2D eigenvalue weighted by molar-refractivity contribution is 5.78. The van der Waals surface area contributed by atoms with Gasteiger partial charge in [0, 0.05) is 6.54 Å². The number of hydrazine groups is 1. The number of aliphatic carboxylic acids is 1. The average Bonchev–Trinajstić information content (AvgIpc) is 2.15. The van der Waals surface area contributed by atoms with E-state index in [1.807, 2.05) is 0 Å². The van der Waals surface area contributed by atoms with Crippen molar-refractivity contribution >= 4 is 5.97 Å². The van der Waals surface area contributed by atoms with E-state index >= 15 is 0 Å². The maximum absolute atomic E-state index is 10.6. The van der Waals surface area contributed by atoms with Gasteiger partial charge in [-0.15, -0.1) is 0 Å². The van der Waals surface area contributed by atoms with Crippen LogP contribution in [-0.2, 0) is 4.79 Å². The Hall–Kier alpha value is -0.610. The molecule has 0 radical (unpaired) electrons. The molecule has 0 spiro atoms. The van der Waals surface area contributed by atoms with Crippen LogP contribution < -0.4 is 5.84 Å². The quantitative estimate of drug-likeness (QED) is 0.500. The van der Waals surface area contributed by atoms with Gasteiger partial charge >= 0.3 is 5.97 Å². The molecule has 58 valence electrons. The lowest BCUT2D eigenvalue weighted by atomic mass is 10.0. The second-order valence-electron chi connectivity index (χ2n) is 2.88. The fourth-order valence-electron chi connectivity index (χ4n) is 1.21. The molecular weight excluding hydrogens is 132 g/mol. The average molecular weight is 144 g/mol. The van der Waals surface area contributed by atoms with Crippen LogP contribution in [-0.4, -0.2) is 28.2 Å². The van der Waals surface area contributed by atoms with E-state index in [9.17, 15) is 4.79 Å². The number of hydrogen-bond acceptors (Lipinski definition) is 3. The molecular formula is C6H12N2O2. The molecule has 1 saturated heterocycles. The standard InChI is InChI=1S/C6H12N2O2/c1-6(5(9)10)3-2-4-8(6)7/h2-4,7H2,1H3,(H,9,10)/t6-/m0/s1. The summed E-state index contributed by atoms with van der Waals surface area (Å²) in [5.41, 5.74) is -0.819. The zero-order valence-corrected chi connectivity index (χ0v) is 6.00. The predicted octanol–water partition coefficient (Wildman–Crippen LogP) is -0.201. The Morgan fingerprint density at radius 2 is 2.40 bits per heavy atom. The molecule has 1 heterocycles. The van der Waals surface area contributed by atoms with Crippen molar-refractivity contribution < 1.29 is 9.90 Å². The molecule has 0 amide bonds. The maximum atomic E-state index is 10.6. The Morgan fingerprint density at radius 1 is 1.80 bits per heavy atom. The van der Waals surface area contributed by atoms with Gasteiger partial charge in [-0.2, -0.15) is 0 Å². The van der Waals surface area contributed by atoms with E-state index in [0.29, 0.717) is 13.0 Å². The zero-order chi connectivity index (χ0) is 7.78. The summed E-state index contributed by atoms with van der Waals surface area (Å²) in [7, 11) is 0. The maximum Gasteiger partial charge on any atom is 0.325 e. The zero-order valence-electron chi connectivity index (χ0n) is 6.00. The van der Waals surface area contributed by atoms with Crippen molar-refractivity contribution in [3.8, 4) is 0 Å². The summed E-state index contributed by atoms with van der Waals surface area (Å²) in [4.78, 5) is 10.6. The third-order valence-electron chi connectivity index (χ3n) is 2.16. The highest BCUT2D eigenvalue weighted by Crippen LogP contribution is 2.25. The molecule has 3 N–H and O–H groups in total. The van der Waals surface area contributed by atoms with Crippen molar-refractivity contribution in [2.45, 2.75) is 25.3 Å². The van der Waals surface area contributed by atoms with E-state index in [2.05, 4.69) is 0 Å². The number of nitrogens with two attached hydrogens (primary N) is 1. The van der Waals surface area contributed by atoms with E-state index in [1.165, 1.54) is 5.01 Å². The van der Waals surface area contributed by atoms with Crippen molar-refractivity contribution in [1.29, 1.82) is 0 Å². The largest absolute Gasteiger partial charge is 0.480 e. The van der Waals surface area contributed by atoms with Crippen LogP contribution >= 0.6 is 0 Å². The Balaban J connectivity index is 2.75. The van der Waals surface area contributed by atoms with Crippen LogP contribution in [0.15, 0.2) is 0 Å². The van der Waals surface area contributed by atoms with Crippen LogP contribution in [0.4, 0.5) is 0 Å². The van der Waals surface area contributed by atoms with Crippen LogP contribution in [0.5, 0.6) is 0 Å². The first-order valence-electron chi connectivity index (χ1n) is 3.33. The molecule has 1 atom stereocenters. The SMILES string of the molecule is C[C@@]1(C(=O)O)CCCN1N. The number of nitrogens with zero attached hydrogens (tertiary/aromatic N) is 1. The minimum atomic E-state index is -0.826. The van der Waals surface area contributed by atoms with Crippen LogP contribution in [0.3, 0.4) is 0 Å². The number of carboxylic acids is 1. The Labute approximate surface area is 59.6 Å². The van der Waals surface area contributed by atoms with E-state index in [0.717, 1.165) is 6.42 Å². The van der Waals surface area contributed by atoms with Gasteiger partial charge < -0.3 is 5.11 Å². The number of carboxylic acid groups (broad SMARTS) is 1. The van der Waals surface area contributed by atoms with Gasteiger partial charge in [0.25, 0.3) is 0 Å². The Morgan fingerprint density at radius 3 is 2.60 bits per heavy atom. The molecule has 0 aromatic carbocycles. The van der Waals surface area contributed by atoms with Gasteiger partial charge in [0.2, 0.25) is 0 Å². The smallest absolute Gasteiger partial charge is 0.325 e. The molecule has 4 heteroatoms. The molecule has 1 aliphatic rings. The van der Waals surface area contributed by atoms with E-state index in [1.54, 1.807) is 6.92 Å². The molecule has 0 aromatic rings. The molecule has 0 aromatic heterocycles.